The van der Waals surface area contributed by atoms with Crippen LogP contribution in [0.4, 0.5) is 0 Å². The van der Waals surface area contributed by atoms with Gasteiger partial charge in [-0.2, -0.15) is 0 Å². The third-order valence-corrected chi connectivity index (χ3v) is 5.90. The molecule has 0 saturated heterocycles. The van der Waals surface area contributed by atoms with Crippen LogP contribution < -0.4 is 4.72 Å². The van der Waals surface area contributed by atoms with Crippen molar-refractivity contribution in [2.45, 2.75) is 38.1 Å². The largest absolute Gasteiger partial charge is 0.212 e. The van der Waals surface area contributed by atoms with Gasteiger partial charge in [0, 0.05) is 16.8 Å². The average molecular weight is 308 g/mol. The molecule has 0 bridgehead atoms. The summed E-state index contributed by atoms with van der Waals surface area (Å²) >= 11 is 7.29. The second-order valence-electron chi connectivity index (χ2n) is 4.58. The van der Waals surface area contributed by atoms with Crippen molar-refractivity contribution >= 4 is 33.0 Å². The van der Waals surface area contributed by atoms with Gasteiger partial charge in [0.15, 0.2) is 0 Å². The van der Waals surface area contributed by atoms with E-state index in [1.165, 1.54) is 10.4 Å². The molecular weight excluding hydrogens is 290 g/mol. The first-order valence-electron chi connectivity index (χ1n) is 6.24. The first-order chi connectivity index (χ1) is 8.62. The zero-order chi connectivity index (χ0) is 13.0. The van der Waals surface area contributed by atoms with E-state index in [4.69, 9.17) is 11.6 Å². The summed E-state index contributed by atoms with van der Waals surface area (Å²) in [5.74, 6) is 0.698. The zero-order valence-corrected chi connectivity index (χ0v) is 12.6. The molecule has 1 heterocycles. The number of rotatable bonds is 6. The Hall–Kier alpha value is -0.100. The number of halogens is 1. The molecular formula is C12H18ClNO2S2. The molecule has 1 aromatic rings. The van der Waals surface area contributed by atoms with E-state index in [0.29, 0.717) is 12.3 Å². The molecule has 0 spiro atoms. The number of unbranched alkanes of at least 4 members (excludes halogenated alkanes) is 1. The standard InChI is InChI=1S/C12H18ClNO2S2/c13-7-1-2-9-18(15,16)14-11-4-3-5-12-10(11)6-8-17-12/h6,8,11,14H,1-5,7,9H2. The molecule has 1 aliphatic carbocycles. The molecule has 0 radical (unpaired) electrons. The summed E-state index contributed by atoms with van der Waals surface area (Å²) in [5.41, 5.74) is 1.17. The number of fused-ring (bicyclic) bond motifs is 1. The van der Waals surface area contributed by atoms with Crippen LogP contribution in [0.1, 0.15) is 42.2 Å². The molecule has 102 valence electrons. The van der Waals surface area contributed by atoms with Crippen molar-refractivity contribution in [1.82, 2.24) is 4.72 Å². The third-order valence-electron chi connectivity index (χ3n) is 3.17. The van der Waals surface area contributed by atoms with Crippen LogP contribution in [0.3, 0.4) is 0 Å². The van der Waals surface area contributed by atoms with E-state index in [9.17, 15) is 8.42 Å². The van der Waals surface area contributed by atoms with Crippen LogP contribution >= 0.6 is 22.9 Å². The molecule has 1 unspecified atom stereocenters. The lowest BCUT2D eigenvalue weighted by molar-refractivity contribution is 0.510. The van der Waals surface area contributed by atoms with Crippen LogP contribution in [-0.2, 0) is 16.4 Å². The Balaban J connectivity index is 1.98. The minimum atomic E-state index is -3.18. The topological polar surface area (TPSA) is 46.2 Å². The second kappa shape index (κ2) is 6.37. The van der Waals surface area contributed by atoms with Crippen LogP contribution in [0.2, 0.25) is 0 Å². The number of sulfonamides is 1. The van der Waals surface area contributed by atoms with Gasteiger partial charge in [-0.1, -0.05) is 0 Å². The Morgan fingerprint density at radius 3 is 3.06 bits per heavy atom. The first-order valence-corrected chi connectivity index (χ1v) is 9.31. The van der Waals surface area contributed by atoms with Gasteiger partial charge in [0.2, 0.25) is 10.0 Å². The third kappa shape index (κ3) is 3.70. The maximum absolute atomic E-state index is 12.0. The van der Waals surface area contributed by atoms with Crippen molar-refractivity contribution in [2.75, 3.05) is 11.6 Å². The number of alkyl halides is 1. The number of nitrogens with one attached hydrogen (secondary N) is 1. The van der Waals surface area contributed by atoms with Gasteiger partial charge in [-0.3, -0.25) is 0 Å². The average Bonchev–Trinajstić information content (AvgIpc) is 2.78. The van der Waals surface area contributed by atoms with Crippen molar-refractivity contribution in [3.8, 4) is 0 Å². The summed E-state index contributed by atoms with van der Waals surface area (Å²) in [5, 5.41) is 2.05. The van der Waals surface area contributed by atoms with Gasteiger partial charge in [-0.05, 0) is 49.1 Å². The molecule has 2 rings (SSSR count). The Bertz CT molecular complexity index is 484. The Morgan fingerprint density at radius 1 is 1.44 bits per heavy atom. The second-order valence-corrected chi connectivity index (χ2v) is 7.83. The minimum absolute atomic E-state index is 0.0269. The fraction of sp³-hybridized carbons (Fsp3) is 0.667. The van der Waals surface area contributed by atoms with Gasteiger partial charge >= 0.3 is 0 Å². The lowest BCUT2D eigenvalue weighted by Crippen LogP contribution is -2.32. The van der Waals surface area contributed by atoms with Gasteiger partial charge < -0.3 is 0 Å². The molecule has 0 fully saturated rings. The van der Waals surface area contributed by atoms with E-state index in [1.54, 1.807) is 11.3 Å². The molecule has 0 aromatic carbocycles. The molecule has 1 aliphatic rings. The lowest BCUT2D eigenvalue weighted by Gasteiger charge is -2.23. The molecule has 1 N–H and O–H groups in total. The zero-order valence-electron chi connectivity index (χ0n) is 10.2. The number of aryl methyl sites for hydroxylation is 1. The molecule has 18 heavy (non-hydrogen) atoms. The summed E-state index contributed by atoms with van der Waals surface area (Å²) < 4.78 is 26.7. The van der Waals surface area contributed by atoms with Crippen molar-refractivity contribution in [3.63, 3.8) is 0 Å². The van der Waals surface area contributed by atoms with Crippen molar-refractivity contribution in [2.24, 2.45) is 0 Å². The molecule has 0 aliphatic heterocycles. The molecule has 6 heteroatoms. The minimum Gasteiger partial charge on any atom is -0.212 e. The van der Waals surface area contributed by atoms with Crippen LogP contribution in [0.5, 0.6) is 0 Å². The predicted molar refractivity (Wildman–Crippen MR) is 76.9 cm³/mol. The first kappa shape index (κ1) is 14.3. The van der Waals surface area contributed by atoms with Gasteiger partial charge in [0.1, 0.15) is 0 Å². The monoisotopic (exact) mass is 307 g/mol. The van der Waals surface area contributed by atoms with Gasteiger partial charge in [-0.25, -0.2) is 13.1 Å². The fourth-order valence-corrected chi connectivity index (χ4v) is 4.83. The summed E-state index contributed by atoms with van der Waals surface area (Å²) in [6.45, 7) is 0. The Labute approximate surface area is 118 Å². The summed E-state index contributed by atoms with van der Waals surface area (Å²) in [6.07, 6.45) is 4.41. The molecule has 0 saturated carbocycles. The van der Waals surface area contributed by atoms with E-state index in [-0.39, 0.29) is 11.8 Å². The normalized spacial score (nSPS) is 19.7. The van der Waals surface area contributed by atoms with Crippen LogP contribution in [0, 0.1) is 0 Å². The highest BCUT2D eigenvalue weighted by Gasteiger charge is 2.25. The van der Waals surface area contributed by atoms with Crippen LogP contribution in [0.25, 0.3) is 0 Å². The Morgan fingerprint density at radius 2 is 2.28 bits per heavy atom. The van der Waals surface area contributed by atoms with Crippen molar-refractivity contribution < 1.29 is 8.42 Å². The van der Waals surface area contributed by atoms with Crippen LogP contribution in [-0.4, -0.2) is 20.1 Å². The van der Waals surface area contributed by atoms with Crippen molar-refractivity contribution in [1.29, 1.82) is 0 Å². The van der Waals surface area contributed by atoms with Gasteiger partial charge in [-0.15, -0.1) is 22.9 Å². The molecule has 1 aromatic heterocycles. The van der Waals surface area contributed by atoms with Crippen molar-refractivity contribution in [3.05, 3.63) is 21.9 Å². The quantitative estimate of drug-likeness (QED) is 0.648. The van der Waals surface area contributed by atoms with Gasteiger partial charge in [0.25, 0.3) is 0 Å². The lowest BCUT2D eigenvalue weighted by atomic mass is 9.95. The predicted octanol–water partition coefficient (Wildman–Crippen LogP) is 3.06. The summed E-state index contributed by atoms with van der Waals surface area (Å²) in [6, 6.07) is 2.02. The SMILES string of the molecule is O=S(=O)(CCCCCl)NC1CCCc2sccc21. The summed E-state index contributed by atoms with van der Waals surface area (Å²) in [4.78, 5) is 1.33. The number of hydrogen-bond acceptors (Lipinski definition) is 3. The molecule has 1 atom stereocenters. The van der Waals surface area contributed by atoms with E-state index < -0.39 is 10.0 Å². The van der Waals surface area contributed by atoms with E-state index >= 15 is 0 Å². The highest BCUT2D eigenvalue weighted by molar-refractivity contribution is 7.89. The highest BCUT2D eigenvalue weighted by Crippen LogP contribution is 2.33. The summed E-state index contributed by atoms with van der Waals surface area (Å²) in [7, 11) is -3.18. The maximum Gasteiger partial charge on any atom is 0.212 e. The molecule has 3 nitrogen and oxygen atoms in total. The fourth-order valence-electron chi connectivity index (χ4n) is 2.27. The van der Waals surface area contributed by atoms with E-state index in [0.717, 1.165) is 25.7 Å². The molecule has 0 amide bonds. The van der Waals surface area contributed by atoms with Gasteiger partial charge in [0.05, 0.1) is 5.75 Å². The number of hydrogen-bond donors (Lipinski definition) is 1. The van der Waals surface area contributed by atoms with E-state index in [2.05, 4.69) is 4.72 Å². The highest BCUT2D eigenvalue weighted by atomic mass is 35.5. The smallest absolute Gasteiger partial charge is 0.212 e. The van der Waals surface area contributed by atoms with Crippen LogP contribution in [0.15, 0.2) is 11.4 Å². The Kier molecular flexibility index (Phi) is 5.06. The number of thiophene rings is 1. The van der Waals surface area contributed by atoms with E-state index in [1.807, 2.05) is 11.4 Å². The maximum atomic E-state index is 12.0.